The van der Waals surface area contributed by atoms with E-state index in [1.807, 2.05) is 0 Å². The van der Waals surface area contributed by atoms with Crippen LogP contribution in [0.1, 0.15) is 47.0 Å². The van der Waals surface area contributed by atoms with Crippen LogP contribution < -0.4 is 0 Å². The number of allylic oxidation sites excluding steroid dienone is 6. The molecule has 0 radical (unpaired) electrons. The van der Waals surface area contributed by atoms with Gasteiger partial charge in [0, 0.05) is 0 Å². The van der Waals surface area contributed by atoms with Gasteiger partial charge in [0.2, 0.25) is 0 Å². The van der Waals surface area contributed by atoms with Crippen molar-refractivity contribution in [3.8, 4) is 0 Å². The first kappa shape index (κ1) is 12.3. The predicted octanol–water partition coefficient (Wildman–Crippen LogP) is 4.89. The molecule has 0 bridgehead atoms. The van der Waals surface area contributed by atoms with Crippen molar-refractivity contribution >= 4 is 0 Å². The number of hydrogen-bond donors (Lipinski definition) is 0. The van der Waals surface area contributed by atoms with E-state index in [0.717, 1.165) is 12.8 Å². The zero-order chi connectivity index (χ0) is 11.3. The van der Waals surface area contributed by atoms with E-state index in [-0.39, 0.29) is 0 Å². The maximum absolute atomic E-state index is 2.38. The lowest BCUT2D eigenvalue weighted by molar-refractivity contribution is 0.484. The Morgan fingerprint density at radius 2 is 2.00 bits per heavy atom. The highest BCUT2D eigenvalue weighted by molar-refractivity contribution is 5.10. The number of rotatable bonds is 0. The molecular weight excluding hydrogens is 180 g/mol. The molecule has 0 fully saturated rings. The van der Waals surface area contributed by atoms with Gasteiger partial charge in [-0.25, -0.2) is 0 Å². The molecule has 1 atom stereocenters. The molecule has 0 aromatic carbocycles. The van der Waals surface area contributed by atoms with Crippen LogP contribution in [-0.2, 0) is 0 Å². The Hall–Kier alpha value is -0.780. The van der Waals surface area contributed by atoms with E-state index in [1.54, 1.807) is 0 Å². The minimum atomic E-state index is 0.311. The maximum Gasteiger partial charge on any atom is -0.0140 e. The van der Waals surface area contributed by atoms with E-state index in [4.69, 9.17) is 0 Å². The van der Waals surface area contributed by atoms with Gasteiger partial charge >= 0.3 is 0 Å². The molecule has 0 N–H and O–H groups in total. The fraction of sp³-hybridized carbons (Fsp3) is 0.600. The van der Waals surface area contributed by atoms with Gasteiger partial charge in [0.25, 0.3) is 0 Å². The molecule has 0 saturated carbocycles. The van der Waals surface area contributed by atoms with Crippen LogP contribution in [0.4, 0.5) is 0 Å². The van der Waals surface area contributed by atoms with Crippen molar-refractivity contribution in [2.24, 2.45) is 11.3 Å². The zero-order valence-corrected chi connectivity index (χ0v) is 10.6. The Kier molecular flexibility index (Phi) is 4.38. The van der Waals surface area contributed by atoms with Gasteiger partial charge in [0.05, 0.1) is 0 Å². The van der Waals surface area contributed by atoms with Gasteiger partial charge in [0.1, 0.15) is 0 Å². The summed E-state index contributed by atoms with van der Waals surface area (Å²) in [5, 5.41) is 0. The molecule has 1 aliphatic carbocycles. The van der Waals surface area contributed by atoms with Crippen molar-refractivity contribution in [2.75, 3.05) is 0 Å². The molecule has 15 heavy (non-hydrogen) atoms. The second-order valence-electron chi connectivity index (χ2n) is 5.49. The molecule has 0 spiro atoms. The molecule has 0 aromatic rings. The summed E-state index contributed by atoms with van der Waals surface area (Å²) in [7, 11) is 0. The predicted molar refractivity (Wildman–Crippen MR) is 68.8 cm³/mol. The monoisotopic (exact) mass is 204 g/mol. The minimum Gasteiger partial charge on any atom is -0.0874 e. The fourth-order valence-corrected chi connectivity index (χ4v) is 1.76. The van der Waals surface area contributed by atoms with Gasteiger partial charge < -0.3 is 0 Å². The van der Waals surface area contributed by atoms with E-state index < -0.39 is 0 Å². The summed E-state index contributed by atoms with van der Waals surface area (Å²) in [6.07, 6.45) is 15.2. The van der Waals surface area contributed by atoms with E-state index in [9.17, 15) is 0 Å². The maximum atomic E-state index is 2.38. The molecule has 0 heteroatoms. The molecular formula is C15H24. The Balaban J connectivity index is 2.78. The topological polar surface area (TPSA) is 0 Å². The highest BCUT2D eigenvalue weighted by Crippen LogP contribution is 2.25. The van der Waals surface area contributed by atoms with Gasteiger partial charge in [-0.1, -0.05) is 56.7 Å². The van der Waals surface area contributed by atoms with Crippen molar-refractivity contribution in [1.82, 2.24) is 0 Å². The van der Waals surface area contributed by atoms with E-state index in [0.29, 0.717) is 11.3 Å². The largest absolute Gasteiger partial charge is 0.0874 e. The summed E-state index contributed by atoms with van der Waals surface area (Å²) < 4.78 is 0. The average Bonchev–Trinajstić information content (AvgIpc) is 2.15. The van der Waals surface area contributed by atoms with Crippen molar-refractivity contribution in [2.45, 2.75) is 47.0 Å². The second kappa shape index (κ2) is 5.34. The zero-order valence-electron chi connectivity index (χ0n) is 10.6. The molecule has 0 aromatic heterocycles. The van der Waals surface area contributed by atoms with Crippen molar-refractivity contribution in [3.05, 3.63) is 36.0 Å². The van der Waals surface area contributed by atoms with Crippen LogP contribution in [0.25, 0.3) is 0 Å². The van der Waals surface area contributed by atoms with Crippen LogP contribution in [0.5, 0.6) is 0 Å². The summed E-state index contributed by atoms with van der Waals surface area (Å²) in [6.45, 7) is 9.13. The molecule has 0 heterocycles. The minimum absolute atomic E-state index is 0.311. The van der Waals surface area contributed by atoms with Gasteiger partial charge in [-0.3, -0.25) is 0 Å². The smallest absolute Gasteiger partial charge is 0.0140 e. The third kappa shape index (κ3) is 5.01. The first-order chi connectivity index (χ1) is 6.99. The molecule has 1 aliphatic rings. The van der Waals surface area contributed by atoms with Gasteiger partial charge in [-0.05, 0) is 37.5 Å². The van der Waals surface area contributed by atoms with Crippen molar-refractivity contribution in [1.29, 1.82) is 0 Å². The van der Waals surface area contributed by atoms with Gasteiger partial charge in [0.15, 0.2) is 0 Å². The quantitative estimate of drug-likeness (QED) is 0.493. The van der Waals surface area contributed by atoms with Crippen LogP contribution in [-0.4, -0.2) is 0 Å². The Labute approximate surface area is 94.8 Å². The van der Waals surface area contributed by atoms with Crippen molar-refractivity contribution in [3.63, 3.8) is 0 Å². The molecule has 0 amide bonds. The SMILES string of the molecule is CC1=CCC(C)(C)/C=C/CC(C)/C=C\C1. The van der Waals surface area contributed by atoms with Crippen molar-refractivity contribution < 1.29 is 0 Å². The molecule has 0 saturated heterocycles. The van der Waals surface area contributed by atoms with E-state index >= 15 is 0 Å². The lowest BCUT2D eigenvalue weighted by Crippen LogP contribution is -2.05. The van der Waals surface area contributed by atoms with Crippen LogP contribution >= 0.6 is 0 Å². The summed E-state index contributed by atoms with van der Waals surface area (Å²) in [5.41, 5.74) is 1.80. The van der Waals surface area contributed by atoms with E-state index in [2.05, 4.69) is 58.1 Å². The Morgan fingerprint density at radius 1 is 1.27 bits per heavy atom. The second-order valence-corrected chi connectivity index (χ2v) is 5.49. The molecule has 0 aliphatic heterocycles. The lowest BCUT2D eigenvalue weighted by Gasteiger charge is -2.18. The van der Waals surface area contributed by atoms with E-state index in [1.165, 1.54) is 12.0 Å². The lowest BCUT2D eigenvalue weighted by atomic mass is 9.87. The first-order valence-corrected chi connectivity index (χ1v) is 5.99. The van der Waals surface area contributed by atoms with Gasteiger partial charge in [-0.15, -0.1) is 0 Å². The highest BCUT2D eigenvalue weighted by Gasteiger charge is 2.12. The fourth-order valence-electron chi connectivity index (χ4n) is 1.76. The summed E-state index contributed by atoms with van der Waals surface area (Å²) in [6, 6.07) is 0. The third-order valence-corrected chi connectivity index (χ3v) is 2.96. The molecule has 84 valence electrons. The Bertz CT molecular complexity index is 276. The Morgan fingerprint density at radius 3 is 2.73 bits per heavy atom. The summed E-state index contributed by atoms with van der Waals surface area (Å²) in [5.74, 6) is 0.669. The van der Waals surface area contributed by atoms with Crippen LogP contribution in [0.3, 0.4) is 0 Å². The van der Waals surface area contributed by atoms with Gasteiger partial charge in [-0.2, -0.15) is 0 Å². The normalized spacial score (nSPS) is 31.2. The molecule has 1 unspecified atom stereocenters. The summed E-state index contributed by atoms with van der Waals surface area (Å²) in [4.78, 5) is 0. The summed E-state index contributed by atoms with van der Waals surface area (Å²) >= 11 is 0. The highest BCUT2D eigenvalue weighted by atomic mass is 14.2. The molecule has 0 nitrogen and oxygen atoms in total. The first-order valence-electron chi connectivity index (χ1n) is 5.99. The average molecular weight is 204 g/mol. The van der Waals surface area contributed by atoms with Crippen LogP contribution in [0.15, 0.2) is 36.0 Å². The van der Waals surface area contributed by atoms with Crippen LogP contribution in [0.2, 0.25) is 0 Å². The number of hydrogen-bond acceptors (Lipinski definition) is 0. The standard InChI is InChI=1S/C15H24/c1-13-7-5-8-14(2)10-12-15(3,4)11-6-9-13/h5-7,10-11,13H,8-9,12H2,1-4H3/b7-5-,11-6+,14-10?. The van der Waals surface area contributed by atoms with Crippen LogP contribution in [0, 0.1) is 11.3 Å². The third-order valence-electron chi connectivity index (χ3n) is 2.96. The molecule has 1 rings (SSSR count).